The maximum atomic E-state index is 4.72. The number of nitrogens with one attached hydrogen (secondary N) is 1. The summed E-state index contributed by atoms with van der Waals surface area (Å²) in [6, 6.07) is 40.3. The molecule has 1 aromatic heterocycles. The first-order chi connectivity index (χ1) is 23.2. The second kappa shape index (κ2) is 13.5. The van der Waals surface area contributed by atoms with Gasteiger partial charge in [-0.1, -0.05) is 79.7 Å². The fourth-order valence-electron chi connectivity index (χ4n) is 5.49. The van der Waals surface area contributed by atoms with E-state index in [1.165, 1.54) is 0 Å². The number of pyridine rings is 1. The van der Waals surface area contributed by atoms with Gasteiger partial charge in [-0.3, -0.25) is 4.98 Å². The van der Waals surface area contributed by atoms with E-state index in [0.29, 0.717) is 11.7 Å². The summed E-state index contributed by atoms with van der Waals surface area (Å²) < 4.78 is 0. The molecule has 1 heterocycles. The van der Waals surface area contributed by atoms with Gasteiger partial charge in [-0.05, 0) is 61.9 Å². The standard InChI is InChI=1S/C39H32N8/c1-3-26(2)41-34-18-19-36(29-13-5-4-12-28(29)34)44-45-38-22-23-39(33-17-9-8-16-32(33)38)47-46-37-21-20-35(30-14-6-7-15-31(30)37)43-42-27-11-10-24-40-25-27/h4-26,41H,3H2,1-2H3. The maximum Gasteiger partial charge on any atom is 0.104 e. The van der Waals surface area contributed by atoms with Crippen molar-refractivity contribution in [2.45, 2.75) is 26.3 Å². The average Bonchev–Trinajstić information content (AvgIpc) is 3.13. The lowest BCUT2D eigenvalue weighted by atomic mass is 10.1. The fraction of sp³-hybridized carbons (Fsp3) is 0.103. The molecule has 0 radical (unpaired) electrons. The molecule has 0 amide bonds. The Kier molecular flexibility index (Phi) is 8.46. The molecule has 0 aliphatic carbocycles. The van der Waals surface area contributed by atoms with Gasteiger partial charge in [0.2, 0.25) is 0 Å². The van der Waals surface area contributed by atoms with E-state index >= 15 is 0 Å². The summed E-state index contributed by atoms with van der Waals surface area (Å²) in [5, 5.41) is 37.2. The van der Waals surface area contributed by atoms with Crippen molar-refractivity contribution < 1.29 is 0 Å². The first kappa shape index (κ1) is 29.6. The van der Waals surface area contributed by atoms with Gasteiger partial charge in [0, 0.05) is 50.2 Å². The normalized spacial score (nSPS) is 12.6. The molecule has 0 saturated heterocycles. The molecule has 0 saturated carbocycles. The van der Waals surface area contributed by atoms with E-state index in [1.54, 1.807) is 12.4 Å². The van der Waals surface area contributed by atoms with Crippen LogP contribution in [0.2, 0.25) is 0 Å². The van der Waals surface area contributed by atoms with Crippen LogP contribution in [0.1, 0.15) is 20.3 Å². The Morgan fingerprint density at radius 3 is 1.32 bits per heavy atom. The molecule has 8 nitrogen and oxygen atoms in total. The molecule has 1 unspecified atom stereocenters. The van der Waals surface area contributed by atoms with Crippen LogP contribution in [0.4, 0.5) is 39.8 Å². The minimum Gasteiger partial charge on any atom is -0.382 e. The summed E-state index contributed by atoms with van der Waals surface area (Å²) in [7, 11) is 0. The maximum absolute atomic E-state index is 4.72. The molecule has 228 valence electrons. The van der Waals surface area contributed by atoms with Gasteiger partial charge in [-0.15, -0.1) is 30.7 Å². The van der Waals surface area contributed by atoms with E-state index < -0.39 is 0 Å². The third-order valence-electron chi connectivity index (χ3n) is 8.12. The fourth-order valence-corrected chi connectivity index (χ4v) is 5.49. The van der Waals surface area contributed by atoms with Gasteiger partial charge < -0.3 is 5.32 Å². The molecule has 6 aromatic carbocycles. The van der Waals surface area contributed by atoms with Crippen LogP contribution in [-0.4, -0.2) is 11.0 Å². The highest BCUT2D eigenvalue weighted by molar-refractivity contribution is 6.02. The second-order valence-corrected chi connectivity index (χ2v) is 11.2. The van der Waals surface area contributed by atoms with Gasteiger partial charge >= 0.3 is 0 Å². The van der Waals surface area contributed by atoms with Crippen molar-refractivity contribution in [3.8, 4) is 0 Å². The van der Waals surface area contributed by atoms with E-state index in [4.69, 9.17) is 15.3 Å². The Labute approximate surface area is 272 Å². The molecule has 8 heteroatoms. The molecule has 7 aromatic rings. The van der Waals surface area contributed by atoms with Crippen LogP contribution in [0.25, 0.3) is 32.3 Å². The van der Waals surface area contributed by atoms with Crippen LogP contribution in [0.15, 0.2) is 164 Å². The topological polar surface area (TPSA) is 99.1 Å². The van der Waals surface area contributed by atoms with Crippen molar-refractivity contribution >= 4 is 72.1 Å². The van der Waals surface area contributed by atoms with Crippen LogP contribution in [0.3, 0.4) is 0 Å². The number of aromatic nitrogens is 1. The number of hydrogen-bond donors (Lipinski definition) is 1. The summed E-state index contributed by atoms with van der Waals surface area (Å²) in [5.74, 6) is 0. The van der Waals surface area contributed by atoms with E-state index in [9.17, 15) is 0 Å². The highest BCUT2D eigenvalue weighted by Crippen LogP contribution is 2.39. The summed E-state index contributed by atoms with van der Waals surface area (Å²) in [6.07, 6.45) is 4.43. The van der Waals surface area contributed by atoms with E-state index in [1.807, 2.05) is 97.1 Å². The van der Waals surface area contributed by atoms with E-state index in [0.717, 1.165) is 72.9 Å². The Bertz CT molecular complexity index is 2290. The predicted molar refractivity (Wildman–Crippen MR) is 192 cm³/mol. The van der Waals surface area contributed by atoms with Crippen molar-refractivity contribution in [3.05, 3.63) is 134 Å². The van der Waals surface area contributed by atoms with Crippen molar-refractivity contribution in [3.63, 3.8) is 0 Å². The molecule has 1 N–H and O–H groups in total. The third kappa shape index (κ3) is 6.35. The summed E-state index contributed by atoms with van der Waals surface area (Å²) in [5.41, 5.74) is 5.61. The molecule has 0 bridgehead atoms. The summed E-state index contributed by atoms with van der Waals surface area (Å²) >= 11 is 0. The first-order valence-corrected chi connectivity index (χ1v) is 15.6. The Balaban J connectivity index is 1.20. The van der Waals surface area contributed by atoms with Gasteiger partial charge in [0.05, 0.1) is 34.6 Å². The molecule has 47 heavy (non-hydrogen) atoms. The number of nitrogens with zero attached hydrogens (tertiary/aromatic N) is 7. The van der Waals surface area contributed by atoms with Crippen molar-refractivity contribution in [1.29, 1.82) is 0 Å². The molecule has 0 spiro atoms. The average molecular weight is 613 g/mol. The molecule has 0 fully saturated rings. The Hall–Kier alpha value is -6.15. The number of anilines is 1. The quantitative estimate of drug-likeness (QED) is 0.164. The van der Waals surface area contributed by atoms with Crippen LogP contribution in [-0.2, 0) is 0 Å². The number of fused-ring (bicyclic) bond motifs is 3. The highest BCUT2D eigenvalue weighted by Gasteiger charge is 2.10. The first-order valence-electron chi connectivity index (χ1n) is 15.6. The van der Waals surface area contributed by atoms with Gasteiger partial charge in [0.15, 0.2) is 0 Å². The monoisotopic (exact) mass is 612 g/mol. The molecule has 1 atom stereocenters. The number of rotatable bonds is 9. The lowest BCUT2D eigenvalue weighted by Gasteiger charge is -2.15. The molecule has 0 aliphatic heterocycles. The smallest absolute Gasteiger partial charge is 0.104 e. The van der Waals surface area contributed by atoms with E-state index in [-0.39, 0.29) is 0 Å². The van der Waals surface area contributed by atoms with Gasteiger partial charge in [-0.25, -0.2) is 0 Å². The second-order valence-electron chi connectivity index (χ2n) is 11.2. The SMILES string of the molecule is CCC(C)Nc1ccc(N=Nc2ccc(N=Nc3ccc(N=Nc4cccnc4)c4ccccc34)c3ccccc23)c2ccccc12. The molecular weight excluding hydrogens is 580 g/mol. The van der Waals surface area contributed by atoms with Crippen molar-refractivity contribution in [2.75, 3.05) is 5.32 Å². The van der Waals surface area contributed by atoms with Gasteiger partial charge in [-0.2, -0.15) is 0 Å². The van der Waals surface area contributed by atoms with Crippen molar-refractivity contribution in [2.24, 2.45) is 30.7 Å². The summed E-state index contributed by atoms with van der Waals surface area (Å²) in [4.78, 5) is 4.11. The van der Waals surface area contributed by atoms with Crippen LogP contribution in [0, 0.1) is 0 Å². The predicted octanol–water partition coefficient (Wildman–Crippen LogP) is 13.0. The third-order valence-corrected chi connectivity index (χ3v) is 8.12. The van der Waals surface area contributed by atoms with E-state index in [2.05, 4.69) is 63.8 Å². The number of azo groups is 3. The number of benzene rings is 6. The summed E-state index contributed by atoms with van der Waals surface area (Å²) in [6.45, 7) is 4.37. The zero-order valence-corrected chi connectivity index (χ0v) is 26.1. The van der Waals surface area contributed by atoms with Crippen LogP contribution >= 0.6 is 0 Å². The lowest BCUT2D eigenvalue weighted by molar-refractivity contribution is 0.765. The zero-order chi connectivity index (χ0) is 32.0. The van der Waals surface area contributed by atoms with Crippen molar-refractivity contribution in [1.82, 2.24) is 4.98 Å². The minimum atomic E-state index is 0.375. The molecular formula is C39H32N8. The zero-order valence-electron chi connectivity index (χ0n) is 26.1. The Morgan fingerprint density at radius 2 is 0.894 bits per heavy atom. The van der Waals surface area contributed by atoms with Gasteiger partial charge in [0.1, 0.15) is 5.69 Å². The highest BCUT2D eigenvalue weighted by atomic mass is 15.1. The molecule has 7 rings (SSSR count). The number of hydrogen-bond acceptors (Lipinski definition) is 8. The van der Waals surface area contributed by atoms with Gasteiger partial charge in [0.25, 0.3) is 0 Å². The Morgan fingerprint density at radius 1 is 0.489 bits per heavy atom. The van der Waals surface area contributed by atoms with Crippen LogP contribution < -0.4 is 5.32 Å². The molecule has 0 aliphatic rings. The largest absolute Gasteiger partial charge is 0.382 e. The van der Waals surface area contributed by atoms with Crippen LogP contribution in [0.5, 0.6) is 0 Å². The lowest BCUT2D eigenvalue weighted by Crippen LogP contribution is -2.13. The minimum absolute atomic E-state index is 0.375.